The van der Waals surface area contributed by atoms with E-state index < -0.39 is 0 Å². The van der Waals surface area contributed by atoms with Crippen molar-refractivity contribution in [3.63, 3.8) is 0 Å². The maximum absolute atomic E-state index is 12.7. The van der Waals surface area contributed by atoms with E-state index >= 15 is 0 Å². The fourth-order valence-electron chi connectivity index (χ4n) is 4.36. The number of rotatable bonds is 5. The zero-order chi connectivity index (χ0) is 20.4. The van der Waals surface area contributed by atoms with Crippen LogP contribution in [-0.4, -0.2) is 61.4 Å². The molecule has 0 saturated carbocycles. The molecule has 4 rings (SSSR count). The predicted octanol–water partition coefficient (Wildman–Crippen LogP) is 1.54. The van der Waals surface area contributed by atoms with Gasteiger partial charge in [-0.1, -0.05) is 29.8 Å². The molecule has 0 radical (unpaired) electrons. The van der Waals surface area contributed by atoms with E-state index in [1.54, 1.807) is 23.3 Å². The molecule has 0 spiro atoms. The smallest absolute Gasteiger partial charge is 0.264 e. The summed E-state index contributed by atoms with van der Waals surface area (Å²) in [6.45, 7) is 6.71. The lowest BCUT2D eigenvalue weighted by molar-refractivity contribution is -0.917. The average Bonchev–Trinajstić information content (AvgIpc) is 3.30. The minimum absolute atomic E-state index is 0.0264. The summed E-state index contributed by atoms with van der Waals surface area (Å²) in [5, 5.41) is 0. The van der Waals surface area contributed by atoms with Gasteiger partial charge in [0.25, 0.3) is 5.91 Å². The van der Waals surface area contributed by atoms with Crippen LogP contribution in [0.4, 0.5) is 0 Å². The van der Waals surface area contributed by atoms with Crippen LogP contribution in [0.25, 0.3) is 0 Å². The Balaban J connectivity index is 1.26. The van der Waals surface area contributed by atoms with Crippen LogP contribution in [0.3, 0.4) is 0 Å². The summed E-state index contributed by atoms with van der Waals surface area (Å²) in [5.74, 6) is 0.0287. The normalized spacial score (nSPS) is 16.7. The number of quaternary nitrogens is 1. The number of carbonyl (C=O) groups excluding carboxylic acids is 2. The molecule has 1 aromatic heterocycles. The number of fused-ring (bicyclic) bond motifs is 1. The van der Waals surface area contributed by atoms with Crippen LogP contribution in [0.5, 0.6) is 0 Å². The van der Waals surface area contributed by atoms with Crippen LogP contribution < -0.4 is 4.90 Å². The number of nitrogens with zero attached hydrogens (tertiary/aromatic N) is 2. The van der Waals surface area contributed by atoms with Crippen molar-refractivity contribution < 1.29 is 14.5 Å². The summed E-state index contributed by atoms with van der Waals surface area (Å²) in [4.78, 5) is 32.6. The first-order chi connectivity index (χ1) is 14.0. The number of hydrogen-bond acceptors (Lipinski definition) is 3. The molecule has 0 bridgehead atoms. The molecule has 154 valence electrons. The number of likely N-dealkylation sites (N-methyl/N-ethyl adjacent to an activating group) is 1. The van der Waals surface area contributed by atoms with Crippen LogP contribution in [0.15, 0.2) is 30.3 Å². The van der Waals surface area contributed by atoms with Crippen molar-refractivity contribution in [1.29, 1.82) is 0 Å². The van der Waals surface area contributed by atoms with Crippen molar-refractivity contribution in [1.82, 2.24) is 9.80 Å². The van der Waals surface area contributed by atoms with Gasteiger partial charge in [0.15, 0.2) is 0 Å². The van der Waals surface area contributed by atoms with Crippen LogP contribution >= 0.6 is 11.3 Å². The maximum atomic E-state index is 12.7. The number of hydrogen-bond donors (Lipinski definition) is 1. The maximum Gasteiger partial charge on any atom is 0.264 e. The van der Waals surface area contributed by atoms with Gasteiger partial charge < -0.3 is 14.7 Å². The third-order valence-corrected chi connectivity index (χ3v) is 7.26. The highest BCUT2D eigenvalue weighted by Crippen LogP contribution is 2.31. The molecule has 1 saturated heterocycles. The molecule has 2 amide bonds. The van der Waals surface area contributed by atoms with Crippen LogP contribution in [0.1, 0.15) is 37.7 Å². The van der Waals surface area contributed by atoms with Crippen molar-refractivity contribution >= 4 is 23.2 Å². The molecule has 0 atom stereocenters. The summed E-state index contributed by atoms with van der Waals surface area (Å²) >= 11 is 1.60. The van der Waals surface area contributed by atoms with E-state index in [2.05, 4.69) is 31.2 Å². The number of amides is 2. The fourth-order valence-corrected chi connectivity index (χ4v) is 5.61. The van der Waals surface area contributed by atoms with Gasteiger partial charge in [-0.2, -0.15) is 0 Å². The van der Waals surface area contributed by atoms with Crippen molar-refractivity contribution in [2.24, 2.45) is 0 Å². The quantitative estimate of drug-likeness (QED) is 0.810. The summed E-state index contributed by atoms with van der Waals surface area (Å²) in [5.41, 5.74) is 3.97. The van der Waals surface area contributed by atoms with Crippen molar-refractivity contribution in [3.05, 3.63) is 56.8 Å². The number of benzene rings is 1. The molecule has 1 fully saturated rings. The SMILES string of the molecule is Cc1cccc(C[NH+]2CCN(C(=O)CN(C)C(=O)c3cc4c(s3)CCC4)CC2)c1. The molecule has 1 N–H and O–H groups in total. The number of nitrogens with one attached hydrogen (secondary N) is 1. The van der Waals surface area contributed by atoms with Gasteiger partial charge in [-0.3, -0.25) is 9.59 Å². The molecule has 1 aromatic carbocycles. The first kappa shape index (κ1) is 20.1. The Morgan fingerprint density at radius 3 is 2.69 bits per heavy atom. The second-order valence-corrected chi connectivity index (χ2v) is 9.51. The lowest BCUT2D eigenvalue weighted by Gasteiger charge is -2.33. The third-order valence-electron chi connectivity index (χ3n) is 6.04. The summed E-state index contributed by atoms with van der Waals surface area (Å²) in [6, 6.07) is 10.7. The highest BCUT2D eigenvalue weighted by Gasteiger charge is 2.27. The minimum Gasteiger partial charge on any atom is -0.332 e. The topological polar surface area (TPSA) is 45.1 Å². The van der Waals surface area contributed by atoms with Gasteiger partial charge in [-0.15, -0.1) is 11.3 Å². The van der Waals surface area contributed by atoms with Gasteiger partial charge in [0, 0.05) is 17.5 Å². The van der Waals surface area contributed by atoms with Crippen molar-refractivity contribution in [2.75, 3.05) is 39.8 Å². The first-order valence-corrected chi connectivity index (χ1v) is 11.3. The molecule has 2 aliphatic rings. The second-order valence-electron chi connectivity index (χ2n) is 8.37. The van der Waals surface area contributed by atoms with Gasteiger partial charge in [-0.25, -0.2) is 0 Å². The van der Waals surface area contributed by atoms with E-state index in [4.69, 9.17) is 0 Å². The molecule has 6 heteroatoms. The van der Waals surface area contributed by atoms with Crippen LogP contribution in [0, 0.1) is 6.92 Å². The molecule has 0 unspecified atom stereocenters. The van der Waals surface area contributed by atoms with Gasteiger partial charge in [0.1, 0.15) is 6.54 Å². The first-order valence-electron chi connectivity index (χ1n) is 10.5. The molecule has 1 aliphatic carbocycles. The molecule has 29 heavy (non-hydrogen) atoms. The Morgan fingerprint density at radius 1 is 1.17 bits per heavy atom. The van der Waals surface area contributed by atoms with E-state index in [1.165, 1.54) is 32.9 Å². The summed E-state index contributed by atoms with van der Waals surface area (Å²) < 4.78 is 0. The predicted molar refractivity (Wildman–Crippen MR) is 115 cm³/mol. The lowest BCUT2D eigenvalue weighted by Crippen LogP contribution is -3.13. The van der Waals surface area contributed by atoms with Gasteiger partial charge in [0.05, 0.1) is 37.6 Å². The van der Waals surface area contributed by atoms with Crippen LogP contribution in [-0.2, 0) is 24.2 Å². The highest BCUT2D eigenvalue weighted by atomic mass is 32.1. The standard InChI is InChI=1S/C23H29N3O2S/c1-17-5-3-6-18(13-17)15-25-9-11-26(12-10-25)22(27)16-24(2)23(28)21-14-19-7-4-8-20(19)29-21/h3,5-6,13-14H,4,7-12,15-16H2,1-2H3/p+1. The monoisotopic (exact) mass is 412 g/mol. The van der Waals surface area contributed by atoms with Gasteiger partial charge >= 0.3 is 0 Å². The number of carbonyl (C=O) groups is 2. The Kier molecular flexibility index (Phi) is 6.01. The Bertz CT molecular complexity index is 878. The zero-order valence-electron chi connectivity index (χ0n) is 17.4. The number of aryl methyl sites for hydroxylation is 3. The molecule has 2 heterocycles. The fraction of sp³-hybridized carbons (Fsp3) is 0.478. The average molecular weight is 413 g/mol. The van der Waals surface area contributed by atoms with Crippen molar-refractivity contribution in [2.45, 2.75) is 32.7 Å². The number of thiophene rings is 1. The van der Waals surface area contributed by atoms with Crippen LogP contribution in [0.2, 0.25) is 0 Å². The summed E-state index contributed by atoms with van der Waals surface area (Å²) in [6.07, 6.45) is 3.36. The van der Waals surface area contributed by atoms with E-state index in [9.17, 15) is 9.59 Å². The molecular weight excluding hydrogens is 382 g/mol. The zero-order valence-corrected chi connectivity index (χ0v) is 18.2. The highest BCUT2D eigenvalue weighted by molar-refractivity contribution is 7.14. The third kappa shape index (κ3) is 4.70. The van der Waals surface area contributed by atoms with Crippen molar-refractivity contribution in [3.8, 4) is 0 Å². The largest absolute Gasteiger partial charge is 0.332 e. The van der Waals surface area contributed by atoms with E-state index in [1.807, 2.05) is 11.0 Å². The number of piperazine rings is 1. The Hall–Kier alpha value is -2.18. The van der Waals surface area contributed by atoms with E-state index in [-0.39, 0.29) is 18.4 Å². The molecule has 1 aliphatic heterocycles. The van der Waals surface area contributed by atoms with E-state index in [0.29, 0.717) is 0 Å². The van der Waals surface area contributed by atoms with Gasteiger partial charge in [-0.05, 0) is 37.8 Å². The van der Waals surface area contributed by atoms with E-state index in [0.717, 1.165) is 50.4 Å². The lowest BCUT2D eigenvalue weighted by atomic mass is 10.1. The summed E-state index contributed by atoms with van der Waals surface area (Å²) in [7, 11) is 1.74. The Labute approximate surface area is 176 Å². The molecular formula is C23H30N3O2S+. The minimum atomic E-state index is -0.0264. The molecule has 5 nitrogen and oxygen atoms in total. The molecule has 2 aromatic rings. The van der Waals surface area contributed by atoms with Gasteiger partial charge in [0.2, 0.25) is 5.91 Å². The second kappa shape index (κ2) is 8.67. The Morgan fingerprint density at radius 2 is 1.97 bits per heavy atom.